The Bertz CT molecular complexity index is 1390. The molecule has 8 heteroatoms. The van der Waals surface area contributed by atoms with E-state index in [1.807, 2.05) is 51.2 Å². The number of nitrogens with zero attached hydrogens (tertiary/aromatic N) is 4. The molecule has 1 aromatic heterocycles. The Morgan fingerprint density at radius 1 is 0.978 bits per heavy atom. The molecule has 1 amide bonds. The third kappa shape index (κ3) is 10.7. The number of halogens is 1. The van der Waals surface area contributed by atoms with E-state index in [0.29, 0.717) is 35.6 Å². The number of carbonyl (C=O) groups is 1. The van der Waals surface area contributed by atoms with E-state index in [9.17, 15) is 4.79 Å². The number of benzene rings is 1. The Hall–Kier alpha value is -2.58. The van der Waals surface area contributed by atoms with E-state index in [1.54, 1.807) is 0 Å². The predicted octanol–water partition coefficient (Wildman–Crippen LogP) is 5.81. The lowest BCUT2D eigenvalue weighted by atomic mass is 10.1. The van der Waals surface area contributed by atoms with Gasteiger partial charge >= 0.3 is 0 Å². The molecule has 4 rings (SSSR count). The fraction of sp³-hybridized carbons (Fsp3) is 0.605. The van der Waals surface area contributed by atoms with Gasteiger partial charge in [0, 0.05) is 87.3 Å². The van der Waals surface area contributed by atoms with Crippen molar-refractivity contribution in [3.8, 4) is 0 Å². The third-order valence-electron chi connectivity index (χ3n) is 8.73. The molecule has 2 aliphatic rings. The van der Waals surface area contributed by atoms with Crippen molar-refractivity contribution in [3.05, 3.63) is 68.8 Å². The maximum absolute atomic E-state index is 13.6. The van der Waals surface area contributed by atoms with Crippen molar-refractivity contribution < 1.29 is 9.53 Å². The van der Waals surface area contributed by atoms with Crippen LogP contribution in [0.15, 0.2) is 36.5 Å². The molecule has 1 fully saturated rings. The van der Waals surface area contributed by atoms with Crippen molar-refractivity contribution in [3.63, 3.8) is 0 Å². The molecular formula is C38H60ClN5O2. The summed E-state index contributed by atoms with van der Waals surface area (Å²) in [4.78, 5) is 21.3. The maximum atomic E-state index is 13.6. The van der Waals surface area contributed by atoms with Gasteiger partial charge in [0.15, 0.2) is 0 Å². The first-order valence-corrected chi connectivity index (χ1v) is 17.9. The van der Waals surface area contributed by atoms with Gasteiger partial charge in [0.05, 0.1) is 17.0 Å². The fourth-order valence-electron chi connectivity index (χ4n) is 6.33. The van der Waals surface area contributed by atoms with E-state index in [-0.39, 0.29) is 12.0 Å². The molecule has 256 valence electrons. The van der Waals surface area contributed by atoms with E-state index in [1.165, 1.54) is 0 Å². The summed E-state index contributed by atoms with van der Waals surface area (Å²) in [7, 11) is 0. The van der Waals surface area contributed by atoms with Crippen LogP contribution in [0.1, 0.15) is 89.7 Å². The number of hydrogen-bond donors (Lipinski definition) is 1. The molecule has 0 unspecified atom stereocenters. The lowest BCUT2D eigenvalue weighted by molar-refractivity contribution is 0.0950. The van der Waals surface area contributed by atoms with Crippen LogP contribution < -0.4 is 15.9 Å². The molecule has 0 radical (unpaired) electrons. The first-order chi connectivity index (χ1) is 22.0. The minimum Gasteiger partial charge on any atom is -0.493 e. The molecular weight excluding hydrogens is 594 g/mol. The van der Waals surface area contributed by atoms with Crippen molar-refractivity contribution in [1.82, 2.24) is 24.6 Å². The Morgan fingerprint density at radius 3 is 2.24 bits per heavy atom. The van der Waals surface area contributed by atoms with Gasteiger partial charge in [-0.1, -0.05) is 55.8 Å². The molecule has 2 aromatic rings. The van der Waals surface area contributed by atoms with Gasteiger partial charge < -0.3 is 19.5 Å². The van der Waals surface area contributed by atoms with Crippen LogP contribution in [0.25, 0.3) is 11.8 Å². The molecule has 0 spiro atoms. The topological polar surface area (TPSA) is 53.0 Å². The molecule has 0 saturated carbocycles. The fourth-order valence-corrected chi connectivity index (χ4v) is 6.53. The number of amides is 1. The zero-order chi connectivity index (χ0) is 33.8. The molecule has 0 atom stereocenters. The Balaban J connectivity index is 0.00000282. The number of aromatic nitrogens is 1. The predicted molar refractivity (Wildman–Crippen MR) is 195 cm³/mol. The van der Waals surface area contributed by atoms with Gasteiger partial charge in [-0.3, -0.25) is 14.6 Å². The molecule has 7 nitrogen and oxygen atoms in total. The van der Waals surface area contributed by atoms with Gasteiger partial charge in [-0.2, -0.15) is 0 Å². The van der Waals surface area contributed by atoms with Crippen molar-refractivity contribution in [1.29, 1.82) is 0 Å². The summed E-state index contributed by atoms with van der Waals surface area (Å²) in [5, 5.41) is 5.79. The quantitative estimate of drug-likeness (QED) is 0.279. The van der Waals surface area contributed by atoms with Crippen LogP contribution in [0.2, 0.25) is 5.02 Å². The summed E-state index contributed by atoms with van der Waals surface area (Å²) in [5.41, 5.74) is 2.69. The minimum absolute atomic E-state index is 0.0562. The van der Waals surface area contributed by atoms with E-state index in [4.69, 9.17) is 16.3 Å². The summed E-state index contributed by atoms with van der Waals surface area (Å²) < 4.78 is 8.57. The number of piperazine rings is 1. The van der Waals surface area contributed by atoms with Gasteiger partial charge in [0.25, 0.3) is 5.91 Å². The van der Waals surface area contributed by atoms with Crippen molar-refractivity contribution in [2.45, 2.75) is 106 Å². The van der Waals surface area contributed by atoms with E-state index < -0.39 is 0 Å². The van der Waals surface area contributed by atoms with Gasteiger partial charge in [-0.25, -0.2) is 0 Å². The molecule has 2 heterocycles. The molecule has 1 saturated heterocycles. The second-order valence-corrected chi connectivity index (χ2v) is 13.5. The monoisotopic (exact) mass is 653 g/mol. The van der Waals surface area contributed by atoms with Crippen LogP contribution in [-0.2, 0) is 17.8 Å². The number of aryl methyl sites for hydroxylation is 2. The van der Waals surface area contributed by atoms with Crippen LogP contribution in [-0.4, -0.2) is 89.2 Å². The molecule has 1 aliphatic heterocycles. The smallest absolute Gasteiger partial charge is 0.253 e. The first-order valence-electron chi connectivity index (χ1n) is 17.5. The van der Waals surface area contributed by atoms with Gasteiger partial charge in [-0.15, -0.1) is 0 Å². The highest BCUT2D eigenvalue weighted by atomic mass is 35.5. The second-order valence-electron chi connectivity index (χ2n) is 13.1. The van der Waals surface area contributed by atoms with Crippen molar-refractivity contribution in [2.75, 3.05) is 45.8 Å². The SMILES string of the molecule is CC.Cc1ccc(CNC(=O)c2cn(CCCN3CCN(CCN(C(C)C)C(C)C)CC3)c3c2=CC=CCC=3OC(C)C)cc1Cl. The van der Waals surface area contributed by atoms with Crippen LogP contribution in [0, 0.1) is 6.92 Å². The third-order valence-corrected chi connectivity index (χ3v) is 9.14. The van der Waals surface area contributed by atoms with Crippen LogP contribution in [0.5, 0.6) is 0 Å². The summed E-state index contributed by atoms with van der Waals surface area (Å²) in [5.74, 6) is 0.839. The highest BCUT2D eigenvalue weighted by Crippen LogP contribution is 2.17. The maximum Gasteiger partial charge on any atom is 0.253 e. The summed E-state index contributed by atoms with van der Waals surface area (Å²) in [6.45, 7) is 28.3. The second kappa shape index (κ2) is 18.7. The van der Waals surface area contributed by atoms with Gasteiger partial charge in [0.1, 0.15) is 5.76 Å². The van der Waals surface area contributed by atoms with E-state index in [2.05, 4.69) is 78.3 Å². The number of nitrogens with one attached hydrogen (secondary N) is 1. The minimum atomic E-state index is -0.0863. The van der Waals surface area contributed by atoms with E-state index in [0.717, 1.165) is 86.2 Å². The van der Waals surface area contributed by atoms with E-state index >= 15 is 0 Å². The highest BCUT2D eigenvalue weighted by molar-refractivity contribution is 6.31. The molecule has 1 aromatic carbocycles. The van der Waals surface area contributed by atoms with Gasteiger partial charge in [0.2, 0.25) is 0 Å². The van der Waals surface area contributed by atoms with Crippen molar-refractivity contribution >= 4 is 29.3 Å². The lowest BCUT2D eigenvalue weighted by Crippen LogP contribution is -2.50. The Morgan fingerprint density at radius 2 is 1.63 bits per heavy atom. The average Bonchev–Trinajstić information content (AvgIpc) is 3.25. The number of allylic oxidation sites excluding steroid dienone is 1. The number of fused-ring (bicyclic) bond motifs is 1. The zero-order valence-electron chi connectivity index (χ0n) is 30.0. The molecule has 1 N–H and O–H groups in total. The molecule has 1 aliphatic carbocycles. The molecule has 46 heavy (non-hydrogen) atoms. The van der Waals surface area contributed by atoms with Crippen LogP contribution >= 0.6 is 11.6 Å². The zero-order valence-corrected chi connectivity index (χ0v) is 30.8. The lowest BCUT2D eigenvalue weighted by Gasteiger charge is -2.37. The Kier molecular flexibility index (Phi) is 15.4. The molecule has 0 bridgehead atoms. The number of carbonyl (C=O) groups excluding carboxylic acids is 1. The highest BCUT2D eigenvalue weighted by Gasteiger charge is 2.21. The largest absolute Gasteiger partial charge is 0.493 e. The number of hydrogen-bond acceptors (Lipinski definition) is 5. The normalized spacial score (nSPS) is 15.6. The first kappa shape index (κ1) is 37.9. The Labute approximate surface area is 283 Å². The summed E-state index contributed by atoms with van der Waals surface area (Å²) in [6, 6.07) is 7.08. The summed E-state index contributed by atoms with van der Waals surface area (Å²) >= 11 is 6.32. The summed E-state index contributed by atoms with van der Waals surface area (Å²) in [6.07, 6.45) is 10.0. The number of rotatable bonds is 14. The van der Waals surface area contributed by atoms with Gasteiger partial charge in [-0.05, 0) is 78.6 Å². The standard InChI is InChI=1S/C36H54ClN5O2.C2H6/c1-26(2)42(27(3)4)22-21-40-19-17-39(18-20-40)15-10-16-41-25-32(31-11-8-9-12-34(35(31)41)44-28(5)6)36(43)38-24-30-14-13-29(7)33(37)23-30;1-2/h8-9,11,13-14,23,25-28H,10,12,15-22,24H2,1-7H3,(H,38,43);1-2H3. The van der Waals surface area contributed by atoms with Crippen molar-refractivity contribution in [2.24, 2.45) is 0 Å². The number of ether oxygens (including phenoxy) is 1. The van der Waals surface area contributed by atoms with Crippen LogP contribution in [0.4, 0.5) is 0 Å². The van der Waals surface area contributed by atoms with Crippen LogP contribution in [0.3, 0.4) is 0 Å². The average molecular weight is 654 g/mol.